The Morgan fingerprint density at radius 3 is 2.52 bits per heavy atom. The molecule has 7 heteroatoms. The zero-order valence-electron chi connectivity index (χ0n) is 15.4. The van der Waals surface area contributed by atoms with Crippen LogP contribution in [0.1, 0.15) is 25.0 Å². The number of piperazine rings is 1. The Balaban J connectivity index is 1.86. The third kappa shape index (κ3) is 5.83. The van der Waals surface area contributed by atoms with Crippen molar-refractivity contribution in [3.05, 3.63) is 28.3 Å². The van der Waals surface area contributed by atoms with Crippen molar-refractivity contribution in [3.8, 4) is 0 Å². The second-order valence-electron chi connectivity index (χ2n) is 7.00. The quantitative estimate of drug-likeness (QED) is 0.687. The monoisotopic (exact) mass is 383 g/mol. The van der Waals surface area contributed by atoms with Gasteiger partial charge >= 0.3 is 0 Å². The van der Waals surface area contributed by atoms with E-state index >= 15 is 0 Å². The molecule has 5 nitrogen and oxygen atoms in total. The Morgan fingerprint density at radius 2 is 1.96 bits per heavy atom. The molecule has 2 rings (SSSR count). The molecule has 0 aromatic heterocycles. The lowest BCUT2D eigenvalue weighted by Gasteiger charge is -2.34. The summed E-state index contributed by atoms with van der Waals surface area (Å²) in [5.74, 6) is 0.112. The van der Waals surface area contributed by atoms with Crippen molar-refractivity contribution in [1.82, 2.24) is 10.2 Å². The molecule has 1 aromatic rings. The van der Waals surface area contributed by atoms with Gasteiger partial charge in [-0.2, -0.15) is 0 Å². The lowest BCUT2D eigenvalue weighted by molar-refractivity contribution is -0.895. The molecule has 0 radical (unpaired) electrons. The first-order valence-corrected chi connectivity index (χ1v) is 9.50. The van der Waals surface area contributed by atoms with E-state index in [4.69, 9.17) is 23.8 Å². The van der Waals surface area contributed by atoms with E-state index in [9.17, 15) is 4.79 Å². The van der Waals surface area contributed by atoms with Crippen LogP contribution in [-0.4, -0.2) is 54.7 Å². The highest BCUT2D eigenvalue weighted by Crippen LogP contribution is 2.27. The Morgan fingerprint density at radius 1 is 1.32 bits per heavy atom. The van der Waals surface area contributed by atoms with E-state index in [1.807, 2.05) is 33.8 Å². The van der Waals surface area contributed by atoms with E-state index < -0.39 is 0 Å². The van der Waals surface area contributed by atoms with Crippen LogP contribution in [0.15, 0.2) is 12.1 Å². The molecular formula is C18H28ClN4OS+. The normalized spacial score (nSPS) is 15.4. The number of hydrogen-bond donors (Lipinski definition) is 3. The zero-order chi connectivity index (χ0) is 18.6. The van der Waals surface area contributed by atoms with Crippen LogP contribution in [0.25, 0.3) is 0 Å². The summed E-state index contributed by atoms with van der Waals surface area (Å²) in [6.45, 7) is 12.0. The molecule has 138 valence electrons. The summed E-state index contributed by atoms with van der Waals surface area (Å²) in [6.07, 6.45) is 0. The van der Waals surface area contributed by atoms with Gasteiger partial charge in [0, 0.05) is 6.04 Å². The smallest absolute Gasteiger partial charge is 0.275 e. The fourth-order valence-electron chi connectivity index (χ4n) is 3.06. The summed E-state index contributed by atoms with van der Waals surface area (Å²) in [7, 11) is 0. The molecule has 25 heavy (non-hydrogen) atoms. The first-order chi connectivity index (χ1) is 11.8. The van der Waals surface area contributed by atoms with Gasteiger partial charge in [0.05, 0.1) is 36.9 Å². The molecule has 1 saturated heterocycles. The predicted molar refractivity (Wildman–Crippen MR) is 108 cm³/mol. The summed E-state index contributed by atoms with van der Waals surface area (Å²) in [6, 6.07) is 4.22. The van der Waals surface area contributed by atoms with Crippen molar-refractivity contribution >= 4 is 40.5 Å². The minimum Gasteiger partial charge on any atom is -0.349 e. The molecule has 1 aliphatic heterocycles. The van der Waals surface area contributed by atoms with Crippen molar-refractivity contribution in [1.29, 1.82) is 0 Å². The van der Waals surface area contributed by atoms with Gasteiger partial charge < -0.3 is 20.4 Å². The molecule has 1 aromatic carbocycles. The largest absolute Gasteiger partial charge is 0.349 e. The SMILES string of the molecule is Cc1cc(C)c(NC(=S)N2CC[NH+](CC(=O)NC(C)C)CC2)c(Cl)c1. The van der Waals surface area contributed by atoms with Crippen LogP contribution in [0.2, 0.25) is 5.02 Å². The molecule has 3 N–H and O–H groups in total. The second-order valence-corrected chi connectivity index (χ2v) is 7.80. The second kappa shape index (κ2) is 8.83. The third-order valence-electron chi connectivity index (χ3n) is 4.28. The van der Waals surface area contributed by atoms with Crippen LogP contribution in [0.3, 0.4) is 0 Å². The van der Waals surface area contributed by atoms with Crippen LogP contribution >= 0.6 is 23.8 Å². The van der Waals surface area contributed by atoms with Gasteiger partial charge in [-0.05, 0) is 57.1 Å². The summed E-state index contributed by atoms with van der Waals surface area (Å²) in [5, 5.41) is 7.62. The highest BCUT2D eigenvalue weighted by molar-refractivity contribution is 7.80. The number of benzene rings is 1. The van der Waals surface area contributed by atoms with Crippen LogP contribution in [0.5, 0.6) is 0 Å². The van der Waals surface area contributed by atoms with Gasteiger partial charge in [-0.15, -0.1) is 0 Å². The topological polar surface area (TPSA) is 48.8 Å². The molecule has 0 unspecified atom stereocenters. The number of carbonyl (C=O) groups is 1. The van der Waals surface area contributed by atoms with E-state index in [-0.39, 0.29) is 11.9 Å². The predicted octanol–water partition coefficient (Wildman–Crippen LogP) is 1.38. The van der Waals surface area contributed by atoms with Gasteiger partial charge in [-0.3, -0.25) is 4.79 Å². The number of carbonyl (C=O) groups excluding carboxylic acids is 1. The van der Waals surface area contributed by atoms with Crippen LogP contribution in [0, 0.1) is 13.8 Å². The van der Waals surface area contributed by atoms with Crippen molar-refractivity contribution in [2.24, 2.45) is 0 Å². The Bertz CT molecular complexity index is 619. The first kappa shape index (κ1) is 19.9. The minimum absolute atomic E-state index is 0.112. The van der Waals surface area contributed by atoms with Crippen molar-refractivity contribution < 1.29 is 9.69 Å². The third-order valence-corrected chi connectivity index (χ3v) is 4.94. The fourth-order valence-corrected chi connectivity index (χ4v) is 3.72. The van der Waals surface area contributed by atoms with Gasteiger partial charge in [0.1, 0.15) is 0 Å². The maximum Gasteiger partial charge on any atom is 0.275 e. The summed E-state index contributed by atoms with van der Waals surface area (Å²) >= 11 is 11.9. The maximum atomic E-state index is 11.9. The molecule has 1 amide bonds. The fraction of sp³-hybridized carbons (Fsp3) is 0.556. The van der Waals surface area contributed by atoms with Gasteiger partial charge in [0.2, 0.25) is 0 Å². The molecule has 0 spiro atoms. The van der Waals surface area contributed by atoms with E-state index in [0.29, 0.717) is 16.7 Å². The average Bonchev–Trinajstić information content (AvgIpc) is 2.50. The van der Waals surface area contributed by atoms with E-state index in [0.717, 1.165) is 43.0 Å². The molecule has 1 aliphatic rings. The number of thiocarbonyl (C=S) groups is 1. The highest BCUT2D eigenvalue weighted by Gasteiger charge is 2.24. The molecule has 0 aliphatic carbocycles. The van der Waals surface area contributed by atoms with Crippen LogP contribution in [-0.2, 0) is 4.79 Å². The Labute approximate surface area is 160 Å². The first-order valence-electron chi connectivity index (χ1n) is 8.72. The van der Waals surface area contributed by atoms with Gasteiger partial charge in [0.15, 0.2) is 11.7 Å². The van der Waals surface area contributed by atoms with Gasteiger partial charge in [0.25, 0.3) is 5.91 Å². The Kier molecular flexibility index (Phi) is 7.04. The van der Waals surface area contributed by atoms with Crippen LogP contribution < -0.4 is 15.5 Å². The number of halogens is 1. The molecule has 1 fully saturated rings. The van der Waals surface area contributed by atoms with Crippen LogP contribution in [0.4, 0.5) is 5.69 Å². The van der Waals surface area contributed by atoms with E-state index in [1.165, 1.54) is 4.90 Å². The van der Waals surface area contributed by atoms with Crippen molar-refractivity contribution in [2.45, 2.75) is 33.7 Å². The number of hydrogen-bond acceptors (Lipinski definition) is 2. The summed E-state index contributed by atoms with van der Waals surface area (Å²) < 4.78 is 0. The van der Waals surface area contributed by atoms with E-state index in [1.54, 1.807) is 0 Å². The number of quaternary nitrogens is 1. The number of aryl methyl sites for hydroxylation is 2. The molecular weight excluding hydrogens is 356 g/mol. The Hall–Kier alpha value is -1.37. The molecule has 0 saturated carbocycles. The summed E-state index contributed by atoms with van der Waals surface area (Å²) in [5.41, 5.74) is 3.10. The molecule has 1 heterocycles. The standard InChI is InChI=1S/C18H27ClN4OS/c1-12(2)20-16(24)11-22-5-7-23(8-6-22)18(25)21-17-14(4)9-13(3)10-15(17)19/h9-10,12H,5-8,11H2,1-4H3,(H,20,24)(H,21,25)/p+1. The number of anilines is 1. The van der Waals surface area contributed by atoms with Gasteiger partial charge in [-0.1, -0.05) is 17.7 Å². The minimum atomic E-state index is 0.112. The van der Waals surface area contributed by atoms with Crippen molar-refractivity contribution in [2.75, 3.05) is 38.0 Å². The zero-order valence-corrected chi connectivity index (χ0v) is 17.0. The number of nitrogens with zero attached hydrogens (tertiary/aromatic N) is 1. The molecule has 0 bridgehead atoms. The van der Waals surface area contributed by atoms with Gasteiger partial charge in [-0.25, -0.2) is 0 Å². The van der Waals surface area contributed by atoms with E-state index in [2.05, 4.69) is 21.6 Å². The highest BCUT2D eigenvalue weighted by atomic mass is 35.5. The molecule has 0 atom stereocenters. The van der Waals surface area contributed by atoms with Crippen molar-refractivity contribution in [3.63, 3.8) is 0 Å². The number of amides is 1. The number of rotatable bonds is 4. The lowest BCUT2D eigenvalue weighted by atomic mass is 10.1. The lowest BCUT2D eigenvalue weighted by Crippen LogP contribution is -3.16. The average molecular weight is 384 g/mol. The summed E-state index contributed by atoms with van der Waals surface area (Å²) in [4.78, 5) is 15.3. The number of nitrogens with one attached hydrogen (secondary N) is 3. The maximum absolute atomic E-state index is 11.9.